The molecule has 4 heteroatoms. The van der Waals surface area contributed by atoms with E-state index in [4.69, 9.17) is 15.2 Å². The fraction of sp³-hybridized carbons (Fsp3) is 0.333. The third kappa shape index (κ3) is 2.59. The van der Waals surface area contributed by atoms with E-state index in [2.05, 4.69) is 5.32 Å². The van der Waals surface area contributed by atoms with Crippen LogP contribution in [-0.4, -0.2) is 20.8 Å². The predicted octanol–water partition coefficient (Wildman–Crippen LogP) is 2.03. The zero-order valence-corrected chi connectivity index (χ0v) is 9.91. The van der Waals surface area contributed by atoms with Gasteiger partial charge in [0, 0.05) is 25.0 Å². The molecule has 0 aliphatic heterocycles. The minimum Gasteiger partial charge on any atom is -0.496 e. The van der Waals surface area contributed by atoms with Crippen LogP contribution in [0.25, 0.3) is 5.76 Å². The van der Waals surface area contributed by atoms with Crippen LogP contribution in [0.15, 0.2) is 24.4 Å². The van der Waals surface area contributed by atoms with Gasteiger partial charge in [0.05, 0.1) is 19.3 Å². The van der Waals surface area contributed by atoms with E-state index >= 15 is 0 Å². The first-order valence-corrected chi connectivity index (χ1v) is 5.17. The number of nitrogens with one attached hydrogen (secondary N) is 1. The monoisotopic (exact) mass is 222 g/mol. The van der Waals surface area contributed by atoms with Gasteiger partial charge in [0.1, 0.15) is 11.5 Å². The Kier molecular flexibility index (Phi) is 4.51. The second-order valence-corrected chi connectivity index (χ2v) is 3.13. The summed E-state index contributed by atoms with van der Waals surface area (Å²) in [7, 11) is 3.48. The van der Waals surface area contributed by atoms with Gasteiger partial charge in [-0.25, -0.2) is 0 Å². The number of rotatable bonds is 5. The van der Waals surface area contributed by atoms with Gasteiger partial charge in [-0.3, -0.25) is 0 Å². The average molecular weight is 222 g/mol. The summed E-state index contributed by atoms with van der Waals surface area (Å²) in [6, 6.07) is 5.76. The van der Waals surface area contributed by atoms with Gasteiger partial charge in [0.2, 0.25) is 0 Å². The fourth-order valence-electron chi connectivity index (χ4n) is 1.42. The number of benzene rings is 1. The summed E-state index contributed by atoms with van der Waals surface area (Å²) in [6.45, 7) is 2.48. The first-order valence-electron chi connectivity index (χ1n) is 5.17. The summed E-state index contributed by atoms with van der Waals surface area (Å²) in [4.78, 5) is 0. The molecule has 16 heavy (non-hydrogen) atoms. The molecule has 0 heterocycles. The van der Waals surface area contributed by atoms with E-state index in [1.807, 2.05) is 32.2 Å². The Morgan fingerprint density at radius 2 is 2.25 bits per heavy atom. The molecule has 0 saturated carbocycles. The Morgan fingerprint density at radius 3 is 2.75 bits per heavy atom. The molecule has 4 nitrogen and oxygen atoms in total. The molecule has 3 N–H and O–H groups in total. The molecule has 1 aromatic rings. The predicted molar refractivity (Wildman–Crippen MR) is 66.3 cm³/mol. The molecule has 0 aliphatic carbocycles. The van der Waals surface area contributed by atoms with Gasteiger partial charge in [0.15, 0.2) is 0 Å². The van der Waals surface area contributed by atoms with E-state index in [0.717, 1.165) is 17.0 Å². The van der Waals surface area contributed by atoms with Crippen LogP contribution in [0.2, 0.25) is 0 Å². The Balaban J connectivity index is 3.12. The first kappa shape index (κ1) is 12.2. The van der Waals surface area contributed by atoms with Crippen molar-refractivity contribution in [3.63, 3.8) is 0 Å². The van der Waals surface area contributed by atoms with Crippen LogP contribution in [0.4, 0.5) is 5.69 Å². The Labute approximate surface area is 96.0 Å². The SMILES string of the molecule is CCO/C(=C\N)c1ccc(NC)cc1OC. The Bertz CT molecular complexity index is 375. The van der Waals surface area contributed by atoms with Crippen molar-refractivity contribution in [2.75, 3.05) is 26.1 Å². The van der Waals surface area contributed by atoms with Gasteiger partial charge in [-0.05, 0) is 19.1 Å². The molecule has 0 unspecified atom stereocenters. The molecule has 1 rings (SSSR count). The van der Waals surface area contributed by atoms with E-state index < -0.39 is 0 Å². The molecule has 88 valence electrons. The molecule has 0 radical (unpaired) electrons. The van der Waals surface area contributed by atoms with Crippen molar-refractivity contribution >= 4 is 11.4 Å². The summed E-state index contributed by atoms with van der Waals surface area (Å²) >= 11 is 0. The first-order chi connectivity index (χ1) is 7.76. The van der Waals surface area contributed by atoms with Crippen molar-refractivity contribution in [3.05, 3.63) is 30.0 Å². The lowest BCUT2D eigenvalue weighted by Crippen LogP contribution is -1.99. The molecule has 0 atom stereocenters. The van der Waals surface area contributed by atoms with E-state index in [-0.39, 0.29) is 0 Å². The smallest absolute Gasteiger partial charge is 0.145 e. The fourth-order valence-corrected chi connectivity index (χ4v) is 1.42. The average Bonchev–Trinajstić information content (AvgIpc) is 2.35. The van der Waals surface area contributed by atoms with E-state index in [9.17, 15) is 0 Å². The van der Waals surface area contributed by atoms with Gasteiger partial charge in [-0.1, -0.05) is 0 Å². The maximum Gasteiger partial charge on any atom is 0.145 e. The van der Waals surface area contributed by atoms with Gasteiger partial charge in [-0.2, -0.15) is 0 Å². The van der Waals surface area contributed by atoms with Crippen LogP contribution in [0, 0.1) is 0 Å². The van der Waals surface area contributed by atoms with Crippen molar-refractivity contribution in [2.45, 2.75) is 6.92 Å². The van der Waals surface area contributed by atoms with Gasteiger partial charge in [-0.15, -0.1) is 0 Å². The maximum atomic E-state index is 5.53. The summed E-state index contributed by atoms with van der Waals surface area (Å²) in [5, 5.41) is 3.05. The van der Waals surface area contributed by atoms with Crippen molar-refractivity contribution in [3.8, 4) is 5.75 Å². The highest BCUT2D eigenvalue weighted by Gasteiger charge is 2.09. The third-order valence-corrected chi connectivity index (χ3v) is 2.21. The highest BCUT2D eigenvalue weighted by Crippen LogP contribution is 2.29. The lowest BCUT2D eigenvalue weighted by Gasteiger charge is -2.13. The number of hydrogen-bond acceptors (Lipinski definition) is 4. The molecule has 0 aromatic heterocycles. The second-order valence-electron chi connectivity index (χ2n) is 3.13. The molecule has 0 fully saturated rings. The van der Waals surface area contributed by atoms with Crippen molar-refractivity contribution < 1.29 is 9.47 Å². The minimum absolute atomic E-state index is 0.569. The molecule has 0 aliphatic rings. The standard InChI is InChI=1S/C12H18N2O2/c1-4-16-12(8-13)10-6-5-9(14-2)7-11(10)15-3/h5-8,14H,4,13H2,1-3H3/b12-8-. The van der Waals surface area contributed by atoms with Crippen LogP contribution in [-0.2, 0) is 4.74 Å². The highest BCUT2D eigenvalue weighted by molar-refractivity contribution is 5.68. The summed E-state index contributed by atoms with van der Waals surface area (Å²) < 4.78 is 10.7. The van der Waals surface area contributed by atoms with E-state index in [1.165, 1.54) is 6.20 Å². The number of nitrogens with two attached hydrogens (primary N) is 1. The van der Waals surface area contributed by atoms with Crippen molar-refractivity contribution in [1.29, 1.82) is 0 Å². The number of hydrogen-bond donors (Lipinski definition) is 2. The van der Waals surface area contributed by atoms with Crippen LogP contribution in [0.3, 0.4) is 0 Å². The molecule has 0 bridgehead atoms. The van der Waals surface area contributed by atoms with Crippen molar-refractivity contribution in [1.82, 2.24) is 0 Å². The molecule has 0 amide bonds. The van der Waals surface area contributed by atoms with Crippen LogP contribution in [0.5, 0.6) is 5.75 Å². The molecular weight excluding hydrogens is 204 g/mol. The van der Waals surface area contributed by atoms with Gasteiger partial charge < -0.3 is 20.5 Å². The van der Waals surface area contributed by atoms with Crippen molar-refractivity contribution in [2.24, 2.45) is 5.73 Å². The zero-order chi connectivity index (χ0) is 12.0. The van der Waals surface area contributed by atoms with Crippen LogP contribution < -0.4 is 15.8 Å². The number of ether oxygens (including phenoxy) is 2. The maximum absolute atomic E-state index is 5.53. The van der Waals surface area contributed by atoms with Gasteiger partial charge in [0.25, 0.3) is 0 Å². The molecule has 1 aromatic carbocycles. The quantitative estimate of drug-likeness (QED) is 0.748. The third-order valence-electron chi connectivity index (χ3n) is 2.21. The number of anilines is 1. The highest BCUT2D eigenvalue weighted by atomic mass is 16.5. The van der Waals surface area contributed by atoms with Gasteiger partial charge >= 0.3 is 0 Å². The molecule has 0 spiro atoms. The Hall–Kier alpha value is -1.84. The lowest BCUT2D eigenvalue weighted by molar-refractivity contribution is 0.295. The van der Waals surface area contributed by atoms with Crippen LogP contribution in [0.1, 0.15) is 12.5 Å². The van der Waals surface area contributed by atoms with E-state index in [0.29, 0.717) is 12.4 Å². The Morgan fingerprint density at radius 1 is 1.50 bits per heavy atom. The summed E-state index contributed by atoms with van der Waals surface area (Å²) in [6.07, 6.45) is 1.44. The topological polar surface area (TPSA) is 56.5 Å². The molecular formula is C12H18N2O2. The zero-order valence-electron chi connectivity index (χ0n) is 9.91. The summed E-state index contributed by atoms with van der Waals surface area (Å²) in [5.74, 6) is 1.36. The van der Waals surface area contributed by atoms with E-state index in [1.54, 1.807) is 7.11 Å². The van der Waals surface area contributed by atoms with Crippen LogP contribution >= 0.6 is 0 Å². The molecule has 0 saturated heterocycles. The minimum atomic E-state index is 0.569. The lowest BCUT2D eigenvalue weighted by atomic mass is 10.1. The summed E-state index contributed by atoms with van der Waals surface area (Å²) in [5.41, 5.74) is 7.36. The normalized spacial score (nSPS) is 11.1. The second kappa shape index (κ2) is 5.90. The largest absolute Gasteiger partial charge is 0.496 e. The number of methoxy groups -OCH3 is 1.